The Hall–Kier alpha value is -3.06. The zero-order valence-corrected chi connectivity index (χ0v) is 17.2. The summed E-state index contributed by atoms with van der Waals surface area (Å²) in [4.78, 5) is 31.5. The average molecular weight is 410 g/mol. The predicted octanol–water partition coefficient (Wildman–Crippen LogP) is 4.15. The lowest BCUT2D eigenvalue weighted by atomic mass is 10.2. The van der Waals surface area contributed by atoms with Gasteiger partial charge in [0, 0.05) is 24.7 Å². The second kappa shape index (κ2) is 9.43. The number of aryl methyl sites for hydroxylation is 1. The van der Waals surface area contributed by atoms with Crippen LogP contribution < -0.4 is 10.1 Å². The fourth-order valence-electron chi connectivity index (χ4n) is 2.83. The van der Waals surface area contributed by atoms with Gasteiger partial charge in [-0.1, -0.05) is 41.6 Å². The minimum Gasteiger partial charge on any atom is -0.497 e. The van der Waals surface area contributed by atoms with Crippen LogP contribution in [0.15, 0.2) is 66.2 Å². The van der Waals surface area contributed by atoms with E-state index < -0.39 is 5.25 Å². The molecular formula is C22H23N3O3S. The molecule has 1 saturated heterocycles. The largest absolute Gasteiger partial charge is 0.497 e. The number of thioether (sulfide) groups is 1. The third-order valence-electron chi connectivity index (χ3n) is 4.31. The van der Waals surface area contributed by atoms with Crippen molar-refractivity contribution in [1.29, 1.82) is 0 Å². The number of amidine groups is 1. The first-order valence-electron chi connectivity index (χ1n) is 9.18. The molecule has 0 radical (unpaired) electrons. The van der Waals surface area contributed by atoms with Crippen molar-refractivity contribution in [2.24, 2.45) is 4.99 Å². The summed E-state index contributed by atoms with van der Waals surface area (Å²) in [5, 5.41) is 2.88. The number of aliphatic imine (C=N–C) groups is 1. The SMILES string of the molecule is C=CCN1C(=O)[C@H](CC(=O)Nc2cccc(OC)c2)SC1=Nc1ccc(C)cc1. The van der Waals surface area contributed by atoms with Gasteiger partial charge in [-0.3, -0.25) is 14.5 Å². The quantitative estimate of drug-likeness (QED) is 0.698. The van der Waals surface area contributed by atoms with Gasteiger partial charge in [0.2, 0.25) is 11.8 Å². The van der Waals surface area contributed by atoms with Gasteiger partial charge in [-0.05, 0) is 31.2 Å². The van der Waals surface area contributed by atoms with Crippen LogP contribution in [0.5, 0.6) is 5.75 Å². The van der Waals surface area contributed by atoms with Crippen LogP contribution in [0.2, 0.25) is 0 Å². The summed E-state index contributed by atoms with van der Waals surface area (Å²) in [6.45, 7) is 6.08. The summed E-state index contributed by atoms with van der Waals surface area (Å²) >= 11 is 1.31. The first-order chi connectivity index (χ1) is 14.0. The van der Waals surface area contributed by atoms with Gasteiger partial charge in [-0.25, -0.2) is 4.99 Å². The molecule has 0 spiro atoms. The highest BCUT2D eigenvalue weighted by molar-refractivity contribution is 8.15. The Bertz CT molecular complexity index is 941. The van der Waals surface area contributed by atoms with Crippen molar-refractivity contribution in [2.45, 2.75) is 18.6 Å². The van der Waals surface area contributed by atoms with Crippen molar-refractivity contribution in [3.05, 3.63) is 66.7 Å². The summed E-state index contributed by atoms with van der Waals surface area (Å²) < 4.78 is 5.16. The molecule has 1 atom stereocenters. The van der Waals surface area contributed by atoms with E-state index in [0.29, 0.717) is 23.1 Å². The van der Waals surface area contributed by atoms with E-state index in [1.54, 1.807) is 42.4 Å². The van der Waals surface area contributed by atoms with Crippen LogP contribution in [0, 0.1) is 6.92 Å². The smallest absolute Gasteiger partial charge is 0.242 e. The molecule has 1 aliphatic rings. The van der Waals surface area contributed by atoms with Crippen molar-refractivity contribution < 1.29 is 14.3 Å². The monoisotopic (exact) mass is 409 g/mol. The number of hydrogen-bond acceptors (Lipinski definition) is 5. The molecule has 3 rings (SSSR count). The van der Waals surface area contributed by atoms with Crippen molar-refractivity contribution in [3.8, 4) is 5.75 Å². The van der Waals surface area contributed by atoms with Crippen LogP contribution in [0.4, 0.5) is 11.4 Å². The number of carbonyl (C=O) groups is 2. The number of hydrogen-bond donors (Lipinski definition) is 1. The Kier molecular flexibility index (Phi) is 6.72. The number of rotatable bonds is 7. The molecule has 0 aromatic heterocycles. The number of nitrogens with one attached hydrogen (secondary N) is 1. The highest BCUT2D eigenvalue weighted by Gasteiger charge is 2.38. The van der Waals surface area contributed by atoms with Crippen LogP contribution >= 0.6 is 11.8 Å². The fraction of sp³-hybridized carbons (Fsp3) is 0.227. The maximum atomic E-state index is 12.8. The Balaban J connectivity index is 1.72. The fourth-order valence-corrected chi connectivity index (χ4v) is 4.00. The second-order valence-corrected chi connectivity index (χ2v) is 7.73. The Morgan fingerprint density at radius 1 is 1.31 bits per heavy atom. The molecule has 1 fully saturated rings. The standard InChI is InChI=1S/C22H23N3O3S/c1-4-12-25-21(27)19(29-22(25)24-16-10-8-15(2)9-11-16)14-20(26)23-17-6-5-7-18(13-17)28-3/h4-11,13,19H,1,12,14H2,2-3H3,(H,23,26)/t19-/m0/s1. The van der Waals surface area contributed by atoms with Gasteiger partial charge < -0.3 is 10.1 Å². The molecule has 6 nitrogen and oxygen atoms in total. The average Bonchev–Trinajstić information content (AvgIpc) is 2.99. The van der Waals surface area contributed by atoms with Gasteiger partial charge in [0.15, 0.2) is 5.17 Å². The third-order valence-corrected chi connectivity index (χ3v) is 5.49. The summed E-state index contributed by atoms with van der Waals surface area (Å²) in [5.41, 5.74) is 2.53. The Morgan fingerprint density at radius 2 is 2.07 bits per heavy atom. The molecule has 1 heterocycles. The van der Waals surface area contributed by atoms with E-state index in [4.69, 9.17) is 4.74 Å². The van der Waals surface area contributed by atoms with Crippen LogP contribution in [-0.2, 0) is 9.59 Å². The van der Waals surface area contributed by atoms with Crippen molar-refractivity contribution in [3.63, 3.8) is 0 Å². The van der Waals surface area contributed by atoms with Gasteiger partial charge >= 0.3 is 0 Å². The van der Waals surface area contributed by atoms with Crippen LogP contribution in [0.1, 0.15) is 12.0 Å². The second-order valence-electron chi connectivity index (χ2n) is 6.56. The van der Waals surface area contributed by atoms with Crippen LogP contribution in [0.3, 0.4) is 0 Å². The first kappa shape index (κ1) is 20.7. The van der Waals surface area contributed by atoms with Crippen molar-refractivity contribution in [1.82, 2.24) is 4.90 Å². The number of ether oxygens (including phenoxy) is 1. The topological polar surface area (TPSA) is 71.0 Å². The summed E-state index contributed by atoms with van der Waals surface area (Å²) in [6, 6.07) is 14.9. The molecule has 1 N–H and O–H groups in total. The minimum absolute atomic E-state index is 0.0568. The molecular weight excluding hydrogens is 386 g/mol. The van der Waals surface area contributed by atoms with Gasteiger partial charge in [-0.2, -0.15) is 0 Å². The zero-order chi connectivity index (χ0) is 20.8. The summed E-state index contributed by atoms with van der Waals surface area (Å²) in [7, 11) is 1.57. The highest BCUT2D eigenvalue weighted by atomic mass is 32.2. The van der Waals surface area contributed by atoms with Crippen LogP contribution in [-0.4, -0.2) is 40.8 Å². The lowest BCUT2D eigenvalue weighted by Gasteiger charge is -2.14. The number of amides is 2. The number of nitrogens with zero attached hydrogens (tertiary/aromatic N) is 2. The molecule has 0 saturated carbocycles. The van der Waals surface area contributed by atoms with E-state index >= 15 is 0 Å². The zero-order valence-electron chi connectivity index (χ0n) is 16.4. The lowest BCUT2D eigenvalue weighted by molar-refractivity contribution is -0.127. The van der Waals surface area contributed by atoms with E-state index in [-0.39, 0.29) is 18.2 Å². The number of methoxy groups -OCH3 is 1. The number of carbonyl (C=O) groups excluding carboxylic acids is 2. The predicted molar refractivity (Wildman–Crippen MR) is 118 cm³/mol. The minimum atomic E-state index is -0.523. The van der Waals surface area contributed by atoms with E-state index in [9.17, 15) is 9.59 Å². The molecule has 0 aliphatic carbocycles. The molecule has 2 aromatic carbocycles. The molecule has 1 aliphatic heterocycles. The maximum absolute atomic E-state index is 12.8. The van der Waals surface area contributed by atoms with Crippen molar-refractivity contribution in [2.75, 3.05) is 19.0 Å². The molecule has 7 heteroatoms. The molecule has 29 heavy (non-hydrogen) atoms. The molecule has 150 valence electrons. The summed E-state index contributed by atoms with van der Waals surface area (Å²) in [5.74, 6) is 0.277. The summed E-state index contributed by atoms with van der Waals surface area (Å²) in [6.07, 6.45) is 1.71. The van der Waals surface area contributed by atoms with E-state index in [2.05, 4.69) is 16.9 Å². The highest BCUT2D eigenvalue weighted by Crippen LogP contribution is 2.32. The van der Waals surface area contributed by atoms with Gasteiger partial charge in [0.1, 0.15) is 11.0 Å². The van der Waals surface area contributed by atoms with Gasteiger partial charge in [0.25, 0.3) is 0 Å². The van der Waals surface area contributed by atoms with E-state index in [1.807, 2.05) is 31.2 Å². The number of benzene rings is 2. The van der Waals surface area contributed by atoms with Gasteiger partial charge in [-0.15, -0.1) is 6.58 Å². The first-order valence-corrected chi connectivity index (χ1v) is 10.1. The molecule has 2 aromatic rings. The molecule has 2 amide bonds. The van der Waals surface area contributed by atoms with Crippen molar-refractivity contribution >= 4 is 40.1 Å². The lowest BCUT2D eigenvalue weighted by Crippen LogP contribution is -2.33. The van der Waals surface area contributed by atoms with Gasteiger partial charge in [0.05, 0.1) is 12.8 Å². The maximum Gasteiger partial charge on any atom is 0.242 e. The van der Waals surface area contributed by atoms with E-state index in [0.717, 1.165) is 11.3 Å². The van der Waals surface area contributed by atoms with E-state index in [1.165, 1.54) is 11.8 Å². The van der Waals surface area contributed by atoms with Crippen LogP contribution in [0.25, 0.3) is 0 Å². The number of anilines is 1. The Labute approximate surface area is 174 Å². The Morgan fingerprint density at radius 3 is 2.76 bits per heavy atom. The normalized spacial score (nSPS) is 17.4. The molecule has 0 unspecified atom stereocenters. The molecule has 0 bridgehead atoms. The third kappa shape index (κ3) is 5.26.